The van der Waals surface area contributed by atoms with Gasteiger partial charge in [0.1, 0.15) is 5.56 Å². The molecule has 0 atom stereocenters. The zero-order valence-electron chi connectivity index (χ0n) is 12.2. The van der Waals surface area contributed by atoms with Crippen LogP contribution in [-0.2, 0) is 6.18 Å². The van der Waals surface area contributed by atoms with E-state index < -0.39 is 23.4 Å². The maximum atomic E-state index is 13.3. The molecule has 0 bridgehead atoms. The first-order valence-electron chi connectivity index (χ1n) is 6.75. The second kappa shape index (κ2) is 6.17. The molecule has 0 saturated carbocycles. The van der Waals surface area contributed by atoms with Gasteiger partial charge in [0.25, 0.3) is 0 Å². The van der Waals surface area contributed by atoms with Gasteiger partial charge in [0.2, 0.25) is 0 Å². The van der Waals surface area contributed by atoms with Crippen LogP contribution in [0.25, 0.3) is 17.2 Å². The van der Waals surface area contributed by atoms with Gasteiger partial charge in [0.15, 0.2) is 17.3 Å². The van der Waals surface area contributed by atoms with Crippen LogP contribution in [0.5, 0.6) is 0 Å². The molecule has 0 spiro atoms. The minimum Gasteiger partial charge on any atom is -0.478 e. The minimum atomic E-state index is -4.92. The molecule has 0 fully saturated rings. The first kappa shape index (κ1) is 16.9. The van der Waals surface area contributed by atoms with Crippen LogP contribution in [0.3, 0.4) is 0 Å². The normalized spacial score (nSPS) is 11.5. The summed E-state index contributed by atoms with van der Waals surface area (Å²) in [5.41, 5.74) is -1.84. The van der Waals surface area contributed by atoms with E-state index >= 15 is 0 Å². The standard InChI is InChI=1S/C15H8ClF3N4O2/c16-9-3-1-8(2-4-9)13-20-6-5-11(22-13)23-12(15(17,18)19)10(7-21-23)14(24)25/h1-7H,(H,24,25). The number of nitrogens with zero attached hydrogens (tertiary/aromatic N) is 4. The quantitative estimate of drug-likeness (QED) is 0.762. The van der Waals surface area contributed by atoms with E-state index in [0.717, 1.165) is 0 Å². The van der Waals surface area contributed by atoms with Crippen LogP contribution in [0.4, 0.5) is 13.2 Å². The van der Waals surface area contributed by atoms with Gasteiger partial charge >= 0.3 is 12.1 Å². The Labute approximate surface area is 143 Å². The molecule has 25 heavy (non-hydrogen) atoms. The number of halogens is 4. The zero-order chi connectivity index (χ0) is 18.2. The number of carboxylic acids is 1. The fourth-order valence-electron chi connectivity index (χ4n) is 2.16. The summed E-state index contributed by atoms with van der Waals surface area (Å²) >= 11 is 5.79. The number of aromatic nitrogens is 4. The Morgan fingerprint density at radius 3 is 2.44 bits per heavy atom. The highest BCUT2D eigenvalue weighted by molar-refractivity contribution is 6.30. The van der Waals surface area contributed by atoms with Gasteiger partial charge in [-0.25, -0.2) is 19.4 Å². The molecular formula is C15H8ClF3N4O2. The Morgan fingerprint density at radius 2 is 1.84 bits per heavy atom. The van der Waals surface area contributed by atoms with E-state index in [1.807, 2.05) is 0 Å². The number of alkyl halides is 3. The number of carboxylic acid groups (broad SMARTS) is 1. The second-order valence-electron chi connectivity index (χ2n) is 4.87. The summed E-state index contributed by atoms with van der Waals surface area (Å²) in [6, 6.07) is 7.60. The lowest BCUT2D eigenvalue weighted by Crippen LogP contribution is -2.18. The largest absolute Gasteiger partial charge is 0.478 e. The molecule has 3 rings (SSSR count). The smallest absolute Gasteiger partial charge is 0.434 e. The minimum absolute atomic E-state index is 0.148. The molecule has 128 valence electrons. The van der Waals surface area contributed by atoms with E-state index in [4.69, 9.17) is 16.7 Å². The highest BCUT2D eigenvalue weighted by Gasteiger charge is 2.41. The van der Waals surface area contributed by atoms with Crippen molar-refractivity contribution in [2.24, 2.45) is 0 Å². The van der Waals surface area contributed by atoms with Crippen molar-refractivity contribution in [2.75, 3.05) is 0 Å². The Balaban J connectivity index is 2.14. The van der Waals surface area contributed by atoms with E-state index in [1.165, 1.54) is 12.3 Å². The number of carbonyl (C=O) groups is 1. The van der Waals surface area contributed by atoms with Gasteiger partial charge in [-0.1, -0.05) is 11.6 Å². The molecule has 0 unspecified atom stereocenters. The van der Waals surface area contributed by atoms with Crippen molar-refractivity contribution in [3.63, 3.8) is 0 Å². The van der Waals surface area contributed by atoms with Crippen molar-refractivity contribution >= 4 is 17.6 Å². The van der Waals surface area contributed by atoms with Crippen molar-refractivity contribution in [1.29, 1.82) is 0 Å². The summed E-state index contributed by atoms with van der Waals surface area (Å²) < 4.78 is 40.3. The molecule has 1 N–H and O–H groups in total. The molecule has 10 heteroatoms. The maximum Gasteiger partial charge on any atom is 0.434 e. The van der Waals surface area contributed by atoms with Gasteiger partial charge in [-0.2, -0.15) is 18.3 Å². The molecular weight excluding hydrogens is 361 g/mol. The number of hydrogen-bond donors (Lipinski definition) is 1. The molecule has 0 aliphatic heterocycles. The highest BCUT2D eigenvalue weighted by Crippen LogP contribution is 2.33. The third-order valence-corrected chi connectivity index (χ3v) is 3.48. The van der Waals surface area contributed by atoms with Crippen LogP contribution in [0.15, 0.2) is 42.7 Å². The molecule has 2 heterocycles. The lowest BCUT2D eigenvalue weighted by Gasteiger charge is -2.11. The number of rotatable bonds is 3. The Morgan fingerprint density at radius 1 is 1.16 bits per heavy atom. The molecule has 2 aromatic heterocycles. The fraction of sp³-hybridized carbons (Fsp3) is 0.0667. The molecule has 0 amide bonds. The summed E-state index contributed by atoms with van der Waals surface area (Å²) in [5, 5.41) is 13.0. The average Bonchev–Trinajstić information content (AvgIpc) is 3.01. The van der Waals surface area contributed by atoms with Crippen molar-refractivity contribution in [1.82, 2.24) is 19.7 Å². The number of aromatic carboxylic acids is 1. The third-order valence-electron chi connectivity index (χ3n) is 3.23. The van der Waals surface area contributed by atoms with Crippen LogP contribution in [-0.4, -0.2) is 30.8 Å². The molecule has 6 nitrogen and oxygen atoms in total. The van der Waals surface area contributed by atoms with Crippen LogP contribution >= 0.6 is 11.6 Å². The van der Waals surface area contributed by atoms with Crippen LogP contribution in [0.2, 0.25) is 5.02 Å². The van der Waals surface area contributed by atoms with Gasteiger partial charge < -0.3 is 5.11 Å². The average molecular weight is 369 g/mol. The summed E-state index contributed by atoms with van der Waals surface area (Å²) in [4.78, 5) is 19.1. The van der Waals surface area contributed by atoms with Crippen molar-refractivity contribution in [3.8, 4) is 17.2 Å². The summed E-state index contributed by atoms with van der Waals surface area (Å²) in [7, 11) is 0. The molecule has 1 aromatic carbocycles. The van der Waals surface area contributed by atoms with Gasteiger partial charge in [-0.15, -0.1) is 0 Å². The molecule has 0 saturated heterocycles. The van der Waals surface area contributed by atoms with E-state index in [2.05, 4.69) is 15.1 Å². The molecule has 0 aliphatic rings. The summed E-state index contributed by atoms with van der Waals surface area (Å²) in [5.74, 6) is -1.79. The number of hydrogen-bond acceptors (Lipinski definition) is 4. The Bertz CT molecular complexity index is 939. The zero-order valence-corrected chi connectivity index (χ0v) is 13.0. The Kier molecular flexibility index (Phi) is 4.17. The predicted molar refractivity (Wildman–Crippen MR) is 81.6 cm³/mol. The van der Waals surface area contributed by atoms with E-state index in [-0.39, 0.29) is 11.6 Å². The SMILES string of the molecule is O=C(O)c1cnn(-c2ccnc(-c3ccc(Cl)cc3)n2)c1C(F)(F)F. The highest BCUT2D eigenvalue weighted by atomic mass is 35.5. The predicted octanol–water partition coefficient (Wildman–Crippen LogP) is 3.70. The Hall–Kier alpha value is -2.94. The van der Waals surface area contributed by atoms with E-state index in [9.17, 15) is 18.0 Å². The number of benzene rings is 1. The van der Waals surface area contributed by atoms with E-state index in [0.29, 0.717) is 21.5 Å². The second-order valence-corrected chi connectivity index (χ2v) is 5.30. The van der Waals surface area contributed by atoms with Crippen LogP contribution in [0, 0.1) is 0 Å². The van der Waals surface area contributed by atoms with Gasteiger partial charge in [-0.3, -0.25) is 0 Å². The van der Waals surface area contributed by atoms with Crippen molar-refractivity contribution in [3.05, 3.63) is 59.0 Å². The monoisotopic (exact) mass is 368 g/mol. The van der Waals surface area contributed by atoms with Crippen molar-refractivity contribution in [2.45, 2.75) is 6.18 Å². The topological polar surface area (TPSA) is 80.9 Å². The lowest BCUT2D eigenvalue weighted by atomic mass is 10.2. The van der Waals surface area contributed by atoms with Gasteiger partial charge in [0, 0.05) is 22.8 Å². The summed E-state index contributed by atoms with van der Waals surface area (Å²) in [6.07, 6.45) is -3.03. The lowest BCUT2D eigenvalue weighted by molar-refractivity contribution is -0.143. The fourth-order valence-corrected chi connectivity index (χ4v) is 2.28. The van der Waals surface area contributed by atoms with Crippen molar-refractivity contribution < 1.29 is 23.1 Å². The van der Waals surface area contributed by atoms with E-state index in [1.54, 1.807) is 24.3 Å². The summed E-state index contributed by atoms with van der Waals surface area (Å²) in [6.45, 7) is 0. The third kappa shape index (κ3) is 3.31. The van der Waals surface area contributed by atoms with Gasteiger partial charge in [0.05, 0.1) is 6.20 Å². The van der Waals surface area contributed by atoms with Crippen LogP contribution < -0.4 is 0 Å². The first-order valence-corrected chi connectivity index (χ1v) is 7.13. The molecule has 3 aromatic rings. The maximum absolute atomic E-state index is 13.3. The first-order chi connectivity index (χ1) is 11.8. The van der Waals surface area contributed by atoms with Gasteiger partial charge in [-0.05, 0) is 24.3 Å². The van der Waals surface area contributed by atoms with Crippen LogP contribution in [0.1, 0.15) is 16.1 Å². The molecule has 0 radical (unpaired) electrons. The molecule has 0 aliphatic carbocycles.